The van der Waals surface area contributed by atoms with E-state index >= 15 is 0 Å². The van der Waals surface area contributed by atoms with Crippen LogP contribution in [0.4, 0.5) is 4.79 Å². The Morgan fingerprint density at radius 2 is 2.15 bits per heavy atom. The van der Waals surface area contributed by atoms with Gasteiger partial charge in [0.25, 0.3) is 0 Å². The summed E-state index contributed by atoms with van der Waals surface area (Å²) in [6.45, 7) is 5.04. The van der Waals surface area contributed by atoms with Gasteiger partial charge in [-0.15, -0.1) is 0 Å². The third-order valence-corrected chi connectivity index (χ3v) is 4.18. The molecule has 0 spiro atoms. The third kappa shape index (κ3) is 5.92. The van der Waals surface area contributed by atoms with E-state index in [1.165, 1.54) is 12.0 Å². The van der Waals surface area contributed by atoms with Gasteiger partial charge in [0.1, 0.15) is 12.1 Å². The van der Waals surface area contributed by atoms with Crippen molar-refractivity contribution >= 4 is 17.9 Å². The summed E-state index contributed by atoms with van der Waals surface area (Å²) in [7, 11) is 1.27. The second-order valence-corrected chi connectivity index (χ2v) is 6.67. The van der Waals surface area contributed by atoms with Gasteiger partial charge >= 0.3 is 12.0 Å². The van der Waals surface area contributed by atoms with Crippen LogP contribution in [0.15, 0.2) is 24.5 Å². The number of piperazine rings is 1. The first-order valence-corrected chi connectivity index (χ1v) is 8.97. The minimum atomic E-state index is -0.858. The minimum absolute atomic E-state index is 0.0375. The van der Waals surface area contributed by atoms with E-state index in [1.807, 2.05) is 19.9 Å². The Bertz CT molecular complexity index is 652. The SMILES string of the molecule is COC(=O)[C@@H](Cc1cccnc1)NC(=O)[C@@H]1CNCCN1C(=O)NC(C)C. The highest BCUT2D eigenvalue weighted by Gasteiger charge is 2.34. The summed E-state index contributed by atoms with van der Waals surface area (Å²) in [6.07, 6.45) is 3.52. The van der Waals surface area contributed by atoms with Gasteiger partial charge in [-0.25, -0.2) is 9.59 Å². The number of esters is 1. The molecule has 0 bridgehead atoms. The molecular weight excluding hydrogens is 350 g/mol. The first-order chi connectivity index (χ1) is 12.9. The van der Waals surface area contributed by atoms with Crippen LogP contribution in [0.1, 0.15) is 19.4 Å². The maximum Gasteiger partial charge on any atom is 0.328 e. The molecule has 27 heavy (non-hydrogen) atoms. The average Bonchev–Trinajstić information content (AvgIpc) is 2.67. The van der Waals surface area contributed by atoms with Crippen LogP contribution in [0.25, 0.3) is 0 Å². The number of rotatable bonds is 6. The van der Waals surface area contributed by atoms with E-state index < -0.39 is 24.0 Å². The van der Waals surface area contributed by atoms with Gasteiger partial charge in [0.2, 0.25) is 5.91 Å². The lowest BCUT2D eigenvalue weighted by molar-refractivity contribution is -0.145. The first kappa shape index (κ1) is 20.6. The maximum absolute atomic E-state index is 12.8. The summed E-state index contributed by atoms with van der Waals surface area (Å²) in [5.74, 6) is -0.949. The minimum Gasteiger partial charge on any atom is -0.467 e. The molecule has 0 unspecified atom stereocenters. The van der Waals surface area contributed by atoms with E-state index in [0.29, 0.717) is 19.6 Å². The fourth-order valence-corrected chi connectivity index (χ4v) is 2.87. The van der Waals surface area contributed by atoms with Crippen LogP contribution < -0.4 is 16.0 Å². The van der Waals surface area contributed by atoms with Crippen LogP contribution in [0, 0.1) is 0 Å². The number of nitrogens with zero attached hydrogens (tertiary/aromatic N) is 2. The highest BCUT2D eigenvalue weighted by atomic mass is 16.5. The summed E-state index contributed by atoms with van der Waals surface area (Å²) in [5, 5.41) is 8.64. The van der Waals surface area contributed by atoms with Gasteiger partial charge in [-0.3, -0.25) is 9.78 Å². The third-order valence-electron chi connectivity index (χ3n) is 4.18. The average molecular weight is 377 g/mol. The molecule has 1 aromatic rings. The van der Waals surface area contributed by atoms with Crippen molar-refractivity contribution in [2.24, 2.45) is 0 Å². The zero-order chi connectivity index (χ0) is 19.8. The highest BCUT2D eigenvalue weighted by molar-refractivity contribution is 5.91. The normalized spacial score (nSPS) is 17.9. The van der Waals surface area contributed by atoms with E-state index in [1.54, 1.807) is 18.5 Å². The van der Waals surface area contributed by atoms with Crippen molar-refractivity contribution in [1.29, 1.82) is 0 Å². The zero-order valence-electron chi connectivity index (χ0n) is 15.9. The zero-order valence-corrected chi connectivity index (χ0v) is 15.9. The fraction of sp³-hybridized carbons (Fsp3) is 0.556. The summed E-state index contributed by atoms with van der Waals surface area (Å²) in [6, 6.07) is 1.67. The van der Waals surface area contributed by atoms with E-state index in [0.717, 1.165) is 5.56 Å². The molecule has 9 heteroatoms. The summed E-state index contributed by atoms with van der Waals surface area (Å²) >= 11 is 0. The van der Waals surface area contributed by atoms with Crippen LogP contribution >= 0.6 is 0 Å². The van der Waals surface area contributed by atoms with Gasteiger partial charge in [-0.1, -0.05) is 6.07 Å². The standard InChI is InChI=1S/C18H27N5O4/c1-12(2)21-18(26)23-8-7-20-11-15(23)16(24)22-14(17(25)27-3)9-13-5-4-6-19-10-13/h4-6,10,12,14-15,20H,7-9,11H2,1-3H3,(H,21,26)(H,22,24)/t14-,15+/m1/s1. The van der Waals surface area contributed by atoms with Crippen LogP contribution in [0.5, 0.6) is 0 Å². The quantitative estimate of drug-likeness (QED) is 0.586. The summed E-state index contributed by atoms with van der Waals surface area (Å²) < 4.78 is 4.82. The van der Waals surface area contributed by atoms with Crippen LogP contribution in [-0.2, 0) is 20.7 Å². The number of carbonyl (C=O) groups excluding carboxylic acids is 3. The molecule has 9 nitrogen and oxygen atoms in total. The summed E-state index contributed by atoms with van der Waals surface area (Å²) in [4.78, 5) is 42.9. The van der Waals surface area contributed by atoms with E-state index in [2.05, 4.69) is 20.9 Å². The molecule has 2 atom stereocenters. The van der Waals surface area contributed by atoms with Crippen molar-refractivity contribution in [3.8, 4) is 0 Å². The molecule has 0 saturated carbocycles. The van der Waals surface area contributed by atoms with Gasteiger partial charge in [0.15, 0.2) is 0 Å². The molecule has 0 radical (unpaired) electrons. The lowest BCUT2D eigenvalue weighted by Crippen LogP contribution is -2.63. The molecule has 3 amide bonds. The van der Waals surface area contributed by atoms with Gasteiger partial charge in [0, 0.05) is 44.5 Å². The second-order valence-electron chi connectivity index (χ2n) is 6.67. The molecule has 1 fully saturated rings. The molecular formula is C18H27N5O4. The lowest BCUT2D eigenvalue weighted by atomic mass is 10.1. The maximum atomic E-state index is 12.8. The molecule has 2 rings (SSSR count). The lowest BCUT2D eigenvalue weighted by Gasteiger charge is -2.36. The number of urea groups is 1. The smallest absolute Gasteiger partial charge is 0.328 e. The topological polar surface area (TPSA) is 113 Å². The predicted octanol–water partition coefficient (Wildman–Crippen LogP) is -0.326. The summed E-state index contributed by atoms with van der Waals surface area (Å²) in [5.41, 5.74) is 0.796. The number of hydrogen-bond donors (Lipinski definition) is 3. The van der Waals surface area contributed by atoms with E-state index in [-0.39, 0.29) is 18.5 Å². The predicted molar refractivity (Wildman–Crippen MR) is 98.9 cm³/mol. The number of aromatic nitrogens is 1. The van der Waals surface area contributed by atoms with E-state index in [9.17, 15) is 14.4 Å². The van der Waals surface area contributed by atoms with Crippen molar-refractivity contribution < 1.29 is 19.1 Å². The Balaban J connectivity index is 2.09. The number of methoxy groups -OCH3 is 1. The molecule has 0 aromatic carbocycles. The first-order valence-electron chi connectivity index (χ1n) is 8.97. The molecule has 1 aliphatic heterocycles. The monoisotopic (exact) mass is 377 g/mol. The Kier molecular flexibility index (Phi) is 7.54. The van der Waals surface area contributed by atoms with Gasteiger partial charge < -0.3 is 25.6 Å². The van der Waals surface area contributed by atoms with Gasteiger partial charge in [0.05, 0.1) is 7.11 Å². The van der Waals surface area contributed by atoms with Gasteiger partial charge in [-0.2, -0.15) is 0 Å². The van der Waals surface area contributed by atoms with Crippen LogP contribution in [0.3, 0.4) is 0 Å². The molecule has 0 aliphatic carbocycles. The Morgan fingerprint density at radius 3 is 2.78 bits per heavy atom. The molecule has 2 heterocycles. The number of carbonyl (C=O) groups is 3. The fourth-order valence-electron chi connectivity index (χ4n) is 2.87. The van der Waals surface area contributed by atoms with Crippen LogP contribution in [0.2, 0.25) is 0 Å². The number of hydrogen-bond acceptors (Lipinski definition) is 6. The largest absolute Gasteiger partial charge is 0.467 e. The molecule has 148 valence electrons. The molecule has 1 aliphatic rings. The Morgan fingerprint density at radius 1 is 1.37 bits per heavy atom. The molecule has 3 N–H and O–H groups in total. The van der Waals surface area contributed by atoms with Crippen molar-refractivity contribution in [3.05, 3.63) is 30.1 Å². The van der Waals surface area contributed by atoms with Crippen molar-refractivity contribution in [2.45, 2.75) is 38.4 Å². The number of nitrogens with one attached hydrogen (secondary N) is 3. The van der Waals surface area contributed by atoms with Crippen LogP contribution in [-0.4, -0.2) is 72.7 Å². The number of ether oxygens (including phenoxy) is 1. The van der Waals surface area contributed by atoms with E-state index in [4.69, 9.17) is 4.74 Å². The number of pyridine rings is 1. The van der Waals surface area contributed by atoms with Crippen molar-refractivity contribution in [1.82, 2.24) is 25.8 Å². The Hall–Kier alpha value is -2.68. The van der Waals surface area contributed by atoms with Crippen molar-refractivity contribution in [3.63, 3.8) is 0 Å². The van der Waals surface area contributed by atoms with Gasteiger partial charge in [-0.05, 0) is 25.5 Å². The van der Waals surface area contributed by atoms with Crippen molar-refractivity contribution in [2.75, 3.05) is 26.7 Å². The Labute approximate surface area is 158 Å². The number of amides is 3. The highest BCUT2D eigenvalue weighted by Crippen LogP contribution is 2.08. The second kappa shape index (κ2) is 9.86. The molecule has 1 saturated heterocycles. The molecule has 1 aromatic heterocycles.